The SMILES string of the molecule is O=C(CCC(=O)N(c1ccccc1)c1ccccc1)NNC(=O)Cn1ccc2ccccc21. The molecule has 0 saturated carbocycles. The number of nitrogens with zero attached hydrogens (tertiary/aromatic N) is 2. The summed E-state index contributed by atoms with van der Waals surface area (Å²) in [4.78, 5) is 39.1. The van der Waals surface area contributed by atoms with Gasteiger partial charge in [-0.1, -0.05) is 54.6 Å². The molecular weight excluding hydrogens is 416 g/mol. The lowest BCUT2D eigenvalue weighted by Gasteiger charge is -2.23. The lowest BCUT2D eigenvalue weighted by Crippen LogP contribution is -2.43. The van der Waals surface area contributed by atoms with Gasteiger partial charge in [0.1, 0.15) is 6.54 Å². The Kier molecular flexibility index (Phi) is 6.80. The quantitative estimate of drug-likeness (QED) is 0.427. The van der Waals surface area contributed by atoms with Gasteiger partial charge in [0.2, 0.25) is 11.8 Å². The molecule has 0 unspecified atom stereocenters. The molecule has 7 nitrogen and oxygen atoms in total. The zero-order valence-electron chi connectivity index (χ0n) is 18.0. The normalized spacial score (nSPS) is 10.5. The molecule has 0 saturated heterocycles. The number of hydrogen-bond donors (Lipinski definition) is 2. The number of amides is 3. The van der Waals surface area contributed by atoms with Gasteiger partial charge >= 0.3 is 0 Å². The molecule has 166 valence electrons. The van der Waals surface area contributed by atoms with Crippen molar-refractivity contribution >= 4 is 40.0 Å². The molecule has 33 heavy (non-hydrogen) atoms. The molecule has 1 aromatic heterocycles. The van der Waals surface area contributed by atoms with Crippen LogP contribution in [0.25, 0.3) is 10.9 Å². The second kappa shape index (κ2) is 10.3. The van der Waals surface area contributed by atoms with E-state index in [0.29, 0.717) is 0 Å². The van der Waals surface area contributed by atoms with Crippen molar-refractivity contribution in [2.24, 2.45) is 0 Å². The van der Waals surface area contributed by atoms with E-state index >= 15 is 0 Å². The molecule has 0 spiro atoms. The van der Waals surface area contributed by atoms with E-state index in [4.69, 9.17) is 0 Å². The van der Waals surface area contributed by atoms with Gasteiger partial charge in [-0.3, -0.25) is 30.1 Å². The Bertz CT molecular complexity index is 1210. The second-order valence-electron chi connectivity index (χ2n) is 7.50. The highest BCUT2D eigenvalue weighted by molar-refractivity contribution is 6.01. The van der Waals surface area contributed by atoms with E-state index in [1.165, 1.54) is 0 Å². The van der Waals surface area contributed by atoms with Gasteiger partial charge < -0.3 is 4.57 Å². The first-order chi connectivity index (χ1) is 16.1. The van der Waals surface area contributed by atoms with Crippen LogP contribution in [0, 0.1) is 0 Å². The molecule has 0 aliphatic rings. The van der Waals surface area contributed by atoms with Gasteiger partial charge in [0.05, 0.1) is 0 Å². The van der Waals surface area contributed by atoms with Crippen molar-refractivity contribution in [3.63, 3.8) is 0 Å². The summed E-state index contributed by atoms with van der Waals surface area (Å²) in [5.41, 5.74) is 7.20. The Morgan fingerprint density at radius 3 is 1.91 bits per heavy atom. The van der Waals surface area contributed by atoms with Gasteiger partial charge in [-0.2, -0.15) is 0 Å². The van der Waals surface area contributed by atoms with Crippen LogP contribution in [0.5, 0.6) is 0 Å². The predicted molar refractivity (Wildman–Crippen MR) is 127 cm³/mol. The monoisotopic (exact) mass is 440 g/mol. The smallest absolute Gasteiger partial charge is 0.258 e. The number of carbonyl (C=O) groups is 3. The number of hydrogen-bond acceptors (Lipinski definition) is 3. The van der Waals surface area contributed by atoms with Crippen LogP contribution in [0.4, 0.5) is 11.4 Å². The summed E-state index contributed by atoms with van der Waals surface area (Å²) in [5, 5.41) is 1.04. The summed E-state index contributed by atoms with van der Waals surface area (Å²) < 4.78 is 1.80. The van der Waals surface area contributed by atoms with Gasteiger partial charge in [-0.05, 0) is 41.8 Å². The van der Waals surface area contributed by atoms with Gasteiger partial charge in [0.15, 0.2) is 0 Å². The van der Waals surface area contributed by atoms with Crippen LogP contribution >= 0.6 is 0 Å². The van der Waals surface area contributed by atoms with Crippen LogP contribution in [-0.4, -0.2) is 22.3 Å². The molecule has 3 amide bonds. The summed E-state index contributed by atoms with van der Waals surface area (Å²) in [6.07, 6.45) is 1.77. The summed E-state index contributed by atoms with van der Waals surface area (Å²) in [6.45, 7) is 0.0719. The number of nitrogens with one attached hydrogen (secondary N) is 2. The van der Waals surface area contributed by atoms with Gasteiger partial charge in [0.25, 0.3) is 5.91 Å². The largest absolute Gasteiger partial charge is 0.338 e. The fourth-order valence-electron chi connectivity index (χ4n) is 3.60. The van der Waals surface area contributed by atoms with Crippen LogP contribution in [0.2, 0.25) is 0 Å². The molecule has 7 heteroatoms. The molecule has 0 aliphatic carbocycles. The molecule has 0 bridgehead atoms. The van der Waals surface area contributed by atoms with Crippen molar-refractivity contribution < 1.29 is 14.4 Å². The van der Waals surface area contributed by atoms with Crippen LogP contribution in [0.3, 0.4) is 0 Å². The van der Waals surface area contributed by atoms with Crippen molar-refractivity contribution in [3.8, 4) is 0 Å². The van der Waals surface area contributed by atoms with Gasteiger partial charge in [0, 0.05) is 35.9 Å². The van der Waals surface area contributed by atoms with E-state index in [0.717, 1.165) is 22.3 Å². The predicted octanol–water partition coefficient (Wildman–Crippen LogP) is 3.93. The standard InChI is InChI=1S/C26H24N4O3/c31-24(27-28-25(32)19-29-18-17-20-9-7-8-14-23(20)29)15-16-26(33)30(21-10-3-1-4-11-21)22-12-5-2-6-13-22/h1-14,17-18H,15-16,19H2,(H,27,31)(H,28,32). The highest BCUT2D eigenvalue weighted by atomic mass is 16.2. The van der Waals surface area contributed by atoms with Crippen molar-refractivity contribution in [2.45, 2.75) is 19.4 Å². The molecule has 4 rings (SSSR count). The van der Waals surface area contributed by atoms with Gasteiger partial charge in [-0.15, -0.1) is 0 Å². The third kappa shape index (κ3) is 5.46. The molecule has 1 heterocycles. The summed E-state index contributed by atoms with van der Waals surface area (Å²) in [6, 6.07) is 28.2. The number of aromatic nitrogens is 1. The Morgan fingerprint density at radius 1 is 0.667 bits per heavy atom. The molecule has 2 N–H and O–H groups in total. The first-order valence-corrected chi connectivity index (χ1v) is 10.7. The fourth-order valence-corrected chi connectivity index (χ4v) is 3.60. The highest BCUT2D eigenvalue weighted by Gasteiger charge is 2.19. The number of fused-ring (bicyclic) bond motifs is 1. The number of hydrazine groups is 1. The average molecular weight is 441 g/mol. The third-order valence-corrected chi connectivity index (χ3v) is 5.18. The lowest BCUT2D eigenvalue weighted by atomic mass is 10.2. The van der Waals surface area contributed by atoms with Crippen molar-refractivity contribution in [1.29, 1.82) is 0 Å². The molecule has 0 radical (unpaired) electrons. The van der Waals surface area contributed by atoms with Crippen molar-refractivity contribution in [1.82, 2.24) is 15.4 Å². The van der Waals surface area contributed by atoms with Crippen LogP contribution in [0.15, 0.2) is 97.2 Å². The number of carbonyl (C=O) groups excluding carboxylic acids is 3. The molecule has 0 atom stereocenters. The first kappa shape index (κ1) is 21.8. The summed E-state index contributed by atoms with van der Waals surface area (Å²) in [7, 11) is 0. The molecule has 4 aromatic rings. The second-order valence-corrected chi connectivity index (χ2v) is 7.50. The minimum atomic E-state index is -0.435. The molecule has 0 fully saturated rings. The Hall–Kier alpha value is -4.39. The van der Waals surface area contributed by atoms with Crippen LogP contribution < -0.4 is 15.8 Å². The van der Waals surface area contributed by atoms with E-state index < -0.39 is 5.91 Å². The maximum Gasteiger partial charge on any atom is 0.258 e. The maximum absolute atomic E-state index is 13.0. The maximum atomic E-state index is 13.0. The Morgan fingerprint density at radius 2 is 1.24 bits per heavy atom. The lowest BCUT2D eigenvalue weighted by molar-refractivity contribution is -0.130. The van der Waals surface area contributed by atoms with E-state index in [9.17, 15) is 14.4 Å². The van der Waals surface area contributed by atoms with E-state index in [1.807, 2.05) is 97.2 Å². The zero-order chi connectivity index (χ0) is 23.0. The summed E-state index contributed by atoms with van der Waals surface area (Å²) in [5.74, 6) is -1.01. The van der Waals surface area contributed by atoms with Gasteiger partial charge in [-0.25, -0.2) is 0 Å². The third-order valence-electron chi connectivity index (χ3n) is 5.18. The van der Waals surface area contributed by atoms with Crippen LogP contribution in [-0.2, 0) is 20.9 Å². The molecule has 3 aromatic carbocycles. The Balaban J connectivity index is 1.31. The Labute approximate surface area is 191 Å². The van der Waals surface area contributed by atoms with E-state index in [2.05, 4.69) is 10.9 Å². The molecule has 0 aliphatic heterocycles. The molecular formula is C26H24N4O3. The minimum Gasteiger partial charge on any atom is -0.338 e. The van der Waals surface area contributed by atoms with E-state index in [1.54, 1.807) is 9.47 Å². The number of rotatable bonds is 7. The van der Waals surface area contributed by atoms with Crippen molar-refractivity contribution in [3.05, 3.63) is 97.2 Å². The fraction of sp³-hybridized carbons (Fsp3) is 0.115. The minimum absolute atomic E-state index is 0.00622. The zero-order valence-corrected chi connectivity index (χ0v) is 18.0. The van der Waals surface area contributed by atoms with Crippen LogP contribution in [0.1, 0.15) is 12.8 Å². The van der Waals surface area contributed by atoms with E-state index in [-0.39, 0.29) is 31.2 Å². The first-order valence-electron chi connectivity index (χ1n) is 10.7. The number of benzene rings is 3. The van der Waals surface area contributed by atoms with Crippen molar-refractivity contribution in [2.75, 3.05) is 4.90 Å². The highest BCUT2D eigenvalue weighted by Crippen LogP contribution is 2.26. The average Bonchev–Trinajstić information content (AvgIpc) is 3.25. The topological polar surface area (TPSA) is 83.4 Å². The number of para-hydroxylation sites is 3. The number of anilines is 2. The summed E-state index contributed by atoms with van der Waals surface area (Å²) >= 11 is 0.